The van der Waals surface area contributed by atoms with Gasteiger partial charge in [0.2, 0.25) is 10.0 Å². The predicted molar refractivity (Wildman–Crippen MR) is 75.1 cm³/mol. The summed E-state index contributed by atoms with van der Waals surface area (Å²) in [7, 11) is -4.01. The van der Waals surface area contributed by atoms with Crippen LogP contribution >= 0.6 is 11.6 Å². The third kappa shape index (κ3) is 3.93. The third-order valence-corrected chi connectivity index (χ3v) is 5.35. The molecule has 1 saturated carbocycles. The highest BCUT2D eigenvalue weighted by Crippen LogP contribution is 2.26. The van der Waals surface area contributed by atoms with Crippen LogP contribution in [0.25, 0.3) is 0 Å². The second kappa shape index (κ2) is 6.29. The molecule has 0 heterocycles. The van der Waals surface area contributed by atoms with Gasteiger partial charge in [0, 0.05) is 11.1 Å². The summed E-state index contributed by atoms with van der Waals surface area (Å²) in [6.07, 6.45) is 1.64. The van der Waals surface area contributed by atoms with E-state index in [1.54, 1.807) is 0 Å². The lowest BCUT2D eigenvalue weighted by atomic mass is 9.87. The fraction of sp³-hybridized carbons (Fsp3) is 0.462. The van der Waals surface area contributed by atoms with Crippen LogP contribution in [0.3, 0.4) is 0 Å². The molecule has 0 aromatic heterocycles. The van der Waals surface area contributed by atoms with Crippen LogP contribution in [0, 0.1) is 11.7 Å². The van der Waals surface area contributed by atoms with Gasteiger partial charge in [-0.2, -0.15) is 0 Å². The highest BCUT2D eigenvalue weighted by molar-refractivity contribution is 7.89. The summed E-state index contributed by atoms with van der Waals surface area (Å²) >= 11 is 5.70. The van der Waals surface area contributed by atoms with Crippen LogP contribution < -0.4 is 4.72 Å². The zero-order valence-corrected chi connectivity index (χ0v) is 12.6. The van der Waals surface area contributed by atoms with Crippen molar-refractivity contribution in [2.24, 2.45) is 5.92 Å². The van der Waals surface area contributed by atoms with Crippen LogP contribution in [-0.4, -0.2) is 25.5 Å². The largest absolute Gasteiger partial charge is 0.481 e. The molecular weight excluding hydrogens is 321 g/mol. The Balaban J connectivity index is 2.09. The molecule has 0 aliphatic heterocycles. The molecule has 5 nitrogen and oxygen atoms in total. The molecule has 0 unspecified atom stereocenters. The Morgan fingerprint density at radius 3 is 2.48 bits per heavy atom. The Morgan fingerprint density at radius 2 is 1.90 bits per heavy atom. The number of rotatable bonds is 4. The van der Waals surface area contributed by atoms with Gasteiger partial charge in [-0.05, 0) is 43.9 Å². The molecule has 1 aliphatic rings. The van der Waals surface area contributed by atoms with Gasteiger partial charge in [-0.15, -0.1) is 0 Å². The highest BCUT2D eigenvalue weighted by Gasteiger charge is 2.29. The van der Waals surface area contributed by atoms with Gasteiger partial charge in [-0.1, -0.05) is 11.6 Å². The molecule has 0 amide bonds. The molecule has 2 rings (SSSR count). The summed E-state index contributed by atoms with van der Waals surface area (Å²) in [5.74, 6) is -2.17. The number of aliphatic carboxylic acids is 1. The van der Waals surface area contributed by atoms with E-state index in [-0.39, 0.29) is 11.1 Å². The maximum atomic E-state index is 13.6. The molecule has 8 heteroatoms. The van der Waals surface area contributed by atoms with Crippen molar-refractivity contribution in [2.75, 3.05) is 0 Å². The van der Waals surface area contributed by atoms with Crippen LogP contribution in [0.1, 0.15) is 25.7 Å². The third-order valence-electron chi connectivity index (χ3n) is 3.58. The fourth-order valence-electron chi connectivity index (χ4n) is 2.42. The number of carbonyl (C=O) groups is 1. The molecule has 0 radical (unpaired) electrons. The van der Waals surface area contributed by atoms with Gasteiger partial charge >= 0.3 is 5.97 Å². The first-order valence-electron chi connectivity index (χ1n) is 6.50. The number of hydrogen-bond donors (Lipinski definition) is 2. The Hall–Kier alpha value is -1.18. The van der Waals surface area contributed by atoms with Crippen molar-refractivity contribution in [3.63, 3.8) is 0 Å². The Labute approximate surface area is 127 Å². The number of carboxylic acids is 1. The number of halogens is 2. The summed E-state index contributed by atoms with van der Waals surface area (Å²) in [6.45, 7) is 0. The quantitative estimate of drug-likeness (QED) is 0.885. The first kappa shape index (κ1) is 16.2. The molecule has 1 fully saturated rings. The fourth-order valence-corrected chi connectivity index (χ4v) is 4.07. The van der Waals surface area contributed by atoms with E-state index in [0.717, 1.165) is 12.1 Å². The molecule has 1 aliphatic carbocycles. The van der Waals surface area contributed by atoms with E-state index >= 15 is 0 Å². The summed E-state index contributed by atoms with van der Waals surface area (Å²) in [5.41, 5.74) is 0. The maximum absolute atomic E-state index is 13.6. The lowest BCUT2D eigenvalue weighted by Crippen LogP contribution is -2.39. The van der Waals surface area contributed by atoms with Crippen molar-refractivity contribution in [3.8, 4) is 0 Å². The minimum absolute atomic E-state index is 0.131. The highest BCUT2D eigenvalue weighted by atomic mass is 35.5. The standard InChI is InChI=1S/C13H15ClFNO4S/c14-9-3-6-11(15)12(7-9)21(19,20)16-10-4-1-8(2-5-10)13(17)18/h3,6-8,10,16H,1-2,4-5H2,(H,17,18). The average Bonchev–Trinajstić information content (AvgIpc) is 2.41. The van der Waals surface area contributed by atoms with Gasteiger partial charge in [-0.25, -0.2) is 17.5 Å². The van der Waals surface area contributed by atoms with Gasteiger partial charge in [0.05, 0.1) is 5.92 Å². The van der Waals surface area contributed by atoms with E-state index in [1.807, 2.05) is 0 Å². The monoisotopic (exact) mass is 335 g/mol. The smallest absolute Gasteiger partial charge is 0.306 e. The van der Waals surface area contributed by atoms with E-state index < -0.39 is 32.6 Å². The Morgan fingerprint density at radius 1 is 1.29 bits per heavy atom. The molecule has 2 N–H and O–H groups in total. The number of nitrogens with one attached hydrogen (secondary N) is 1. The minimum Gasteiger partial charge on any atom is -0.481 e. The second-order valence-corrected chi connectivity index (χ2v) is 7.20. The lowest BCUT2D eigenvalue weighted by Gasteiger charge is -2.26. The van der Waals surface area contributed by atoms with Crippen LogP contribution in [0.4, 0.5) is 4.39 Å². The molecule has 1 aromatic rings. The van der Waals surface area contributed by atoms with Crippen molar-refractivity contribution >= 4 is 27.6 Å². The van der Waals surface area contributed by atoms with E-state index in [0.29, 0.717) is 25.7 Å². The molecule has 21 heavy (non-hydrogen) atoms. The summed E-state index contributed by atoms with van der Waals surface area (Å²) in [6, 6.07) is 2.94. The van der Waals surface area contributed by atoms with Crippen LogP contribution in [0.2, 0.25) is 5.02 Å². The van der Waals surface area contributed by atoms with Gasteiger partial charge in [0.15, 0.2) is 0 Å². The summed E-state index contributed by atoms with van der Waals surface area (Å²) < 4.78 is 40.4. The SMILES string of the molecule is O=C(O)C1CCC(NS(=O)(=O)c2cc(Cl)ccc2F)CC1. The first-order valence-corrected chi connectivity index (χ1v) is 8.36. The second-order valence-electron chi connectivity index (χ2n) is 5.08. The molecule has 1 aromatic carbocycles. The number of benzene rings is 1. The van der Waals surface area contributed by atoms with Gasteiger partial charge < -0.3 is 5.11 Å². The number of carboxylic acid groups (broad SMARTS) is 1. The van der Waals surface area contributed by atoms with Gasteiger partial charge in [0.25, 0.3) is 0 Å². The topological polar surface area (TPSA) is 83.5 Å². The molecule has 0 atom stereocenters. The van der Waals surface area contributed by atoms with Crippen LogP contribution in [0.15, 0.2) is 23.1 Å². The van der Waals surface area contributed by atoms with Crippen LogP contribution in [-0.2, 0) is 14.8 Å². The van der Waals surface area contributed by atoms with Gasteiger partial charge in [-0.3, -0.25) is 4.79 Å². The molecular formula is C13H15ClFNO4S. The molecule has 116 valence electrons. The van der Waals surface area contributed by atoms with Crippen molar-refractivity contribution in [1.82, 2.24) is 4.72 Å². The van der Waals surface area contributed by atoms with Crippen molar-refractivity contribution in [3.05, 3.63) is 29.0 Å². The number of hydrogen-bond acceptors (Lipinski definition) is 3. The normalized spacial score (nSPS) is 23.0. The Bertz CT molecular complexity index is 642. The Kier molecular flexibility index (Phi) is 4.85. The summed E-state index contributed by atoms with van der Waals surface area (Å²) in [4.78, 5) is 10.4. The molecule has 0 saturated heterocycles. The van der Waals surface area contributed by atoms with Crippen molar-refractivity contribution < 1.29 is 22.7 Å². The average molecular weight is 336 g/mol. The lowest BCUT2D eigenvalue weighted by molar-refractivity contribution is -0.142. The number of sulfonamides is 1. The zero-order valence-electron chi connectivity index (χ0n) is 11.1. The van der Waals surface area contributed by atoms with E-state index in [2.05, 4.69) is 4.72 Å². The summed E-state index contributed by atoms with van der Waals surface area (Å²) in [5, 5.41) is 9.03. The van der Waals surface area contributed by atoms with E-state index in [1.165, 1.54) is 6.07 Å². The maximum Gasteiger partial charge on any atom is 0.306 e. The van der Waals surface area contributed by atoms with E-state index in [4.69, 9.17) is 16.7 Å². The molecule has 0 spiro atoms. The first-order chi connectivity index (χ1) is 9.79. The van der Waals surface area contributed by atoms with Crippen molar-refractivity contribution in [1.29, 1.82) is 0 Å². The van der Waals surface area contributed by atoms with Crippen LogP contribution in [0.5, 0.6) is 0 Å². The zero-order chi connectivity index (χ0) is 15.6. The van der Waals surface area contributed by atoms with Crippen molar-refractivity contribution in [2.45, 2.75) is 36.6 Å². The van der Waals surface area contributed by atoms with Gasteiger partial charge in [0.1, 0.15) is 10.7 Å². The predicted octanol–water partition coefficient (Wildman–Crippen LogP) is 2.40. The van der Waals surface area contributed by atoms with E-state index in [9.17, 15) is 17.6 Å². The molecule has 0 bridgehead atoms. The minimum atomic E-state index is -4.01.